The van der Waals surface area contributed by atoms with E-state index in [1.165, 1.54) is 11.1 Å². The zero-order chi connectivity index (χ0) is 14.2. The van der Waals surface area contributed by atoms with E-state index >= 15 is 0 Å². The van der Waals surface area contributed by atoms with E-state index in [1.807, 2.05) is 0 Å². The Hall–Kier alpha value is -1.39. The predicted molar refractivity (Wildman–Crippen MR) is 79.8 cm³/mol. The van der Waals surface area contributed by atoms with Gasteiger partial charge in [-0.1, -0.05) is 24.3 Å². The molecule has 2 fully saturated rings. The molecule has 3 aliphatic rings. The van der Waals surface area contributed by atoms with E-state index in [0.29, 0.717) is 24.6 Å². The van der Waals surface area contributed by atoms with Gasteiger partial charge in [0.2, 0.25) is 5.91 Å². The predicted octanol–water partition coefficient (Wildman–Crippen LogP) is 1.34. The van der Waals surface area contributed by atoms with Crippen molar-refractivity contribution in [2.75, 3.05) is 19.7 Å². The smallest absolute Gasteiger partial charge is 0.234 e. The summed E-state index contributed by atoms with van der Waals surface area (Å²) < 4.78 is 5.59. The molecule has 1 N–H and O–H groups in total. The number of hydrogen-bond acceptors (Lipinski definition) is 3. The van der Waals surface area contributed by atoms with Crippen molar-refractivity contribution < 1.29 is 9.53 Å². The summed E-state index contributed by atoms with van der Waals surface area (Å²) in [6.07, 6.45) is 3.56. The SMILES string of the molecule is O=C(CN1CCc2ccccc2C1)N[C@H]1C[C@@H]2OCC[C@H]12. The third kappa shape index (κ3) is 2.58. The van der Waals surface area contributed by atoms with Gasteiger partial charge in [0, 0.05) is 31.7 Å². The Balaban J connectivity index is 1.30. The second-order valence-corrected chi connectivity index (χ2v) is 6.50. The molecule has 21 heavy (non-hydrogen) atoms. The highest BCUT2D eigenvalue weighted by Crippen LogP contribution is 2.38. The molecule has 4 nitrogen and oxygen atoms in total. The number of amides is 1. The molecule has 1 aromatic rings. The van der Waals surface area contributed by atoms with E-state index in [9.17, 15) is 4.79 Å². The lowest BCUT2D eigenvalue weighted by atomic mass is 9.76. The maximum absolute atomic E-state index is 12.2. The van der Waals surface area contributed by atoms with Crippen molar-refractivity contribution in [1.82, 2.24) is 10.2 Å². The molecular weight excluding hydrogens is 264 g/mol. The molecule has 0 spiro atoms. The first-order valence-electron chi connectivity index (χ1n) is 8.00. The first-order valence-corrected chi connectivity index (χ1v) is 8.00. The number of carbonyl (C=O) groups excluding carboxylic acids is 1. The van der Waals surface area contributed by atoms with Gasteiger partial charge in [-0.2, -0.15) is 0 Å². The molecule has 4 heteroatoms. The number of carbonyl (C=O) groups is 1. The normalized spacial score (nSPS) is 31.1. The summed E-state index contributed by atoms with van der Waals surface area (Å²) in [5.74, 6) is 0.737. The van der Waals surface area contributed by atoms with Crippen LogP contribution in [0, 0.1) is 5.92 Å². The molecule has 0 bridgehead atoms. The molecule has 0 unspecified atom stereocenters. The Kier molecular flexibility index (Phi) is 3.43. The second-order valence-electron chi connectivity index (χ2n) is 6.50. The summed E-state index contributed by atoms with van der Waals surface area (Å²) in [5, 5.41) is 3.20. The van der Waals surface area contributed by atoms with Crippen LogP contribution in [0.1, 0.15) is 24.0 Å². The van der Waals surface area contributed by atoms with Crippen LogP contribution in [-0.2, 0) is 22.5 Å². The second kappa shape index (κ2) is 5.43. The van der Waals surface area contributed by atoms with Crippen LogP contribution in [0.5, 0.6) is 0 Å². The van der Waals surface area contributed by atoms with Crippen LogP contribution in [0.4, 0.5) is 0 Å². The molecule has 1 aliphatic carbocycles. The van der Waals surface area contributed by atoms with Crippen LogP contribution >= 0.6 is 0 Å². The summed E-state index contributed by atoms with van der Waals surface area (Å²) in [7, 11) is 0. The minimum atomic E-state index is 0.171. The molecule has 2 heterocycles. The maximum Gasteiger partial charge on any atom is 0.234 e. The van der Waals surface area contributed by atoms with Gasteiger partial charge in [0.1, 0.15) is 0 Å². The summed E-state index contributed by atoms with van der Waals surface area (Å²) >= 11 is 0. The summed E-state index contributed by atoms with van der Waals surface area (Å²) in [6.45, 7) is 3.25. The lowest BCUT2D eigenvalue weighted by Gasteiger charge is -2.39. The molecule has 3 atom stereocenters. The van der Waals surface area contributed by atoms with E-state index in [-0.39, 0.29) is 5.91 Å². The standard InChI is InChI=1S/C17H22N2O2/c20-17(18-15-9-16-14(15)6-8-21-16)11-19-7-5-12-3-1-2-4-13(12)10-19/h1-4,14-16H,5-11H2,(H,18,20)/t14-,15+,16+/m1/s1. The van der Waals surface area contributed by atoms with E-state index < -0.39 is 0 Å². The lowest BCUT2D eigenvalue weighted by molar-refractivity contribution is -0.125. The fourth-order valence-corrected chi connectivity index (χ4v) is 3.91. The summed E-state index contributed by atoms with van der Waals surface area (Å²) in [5.41, 5.74) is 2.79. The van der Waals surface area contributed by atoms with Crippen LogP contribution in [0.2, 0.25) is 0 Å². The number of nitrogens with one attached hydrogen (secondary N) is 1. The molecule has 1 saturated heterocycles. The number of benzene rings is 1. The minimum Gasteiger partial charge on any atom is -0.378 e. The van der Waals surface area contributed by atoms with Crippen molar-refractivity contribution in [3.8, 4) is 0 Å². The zero-order valence-electron chi connectivity index (χ0n) is 12.3. The molecule has 112 valence electrons. The van der Waals surface area contributed by atoms with Gasteiger partial charge < -0.3 is 10.1 Å². The largest absolute Gasteiger partial charge is 0.378 e. The maximum atomic E-state index is 12.2. The molecule has 4 rings (SSSR count). The van der Waals surface area contributed by atoms with Crippen molar-refractivity contribution in [3.63, 3.8) is 0 Å². The number of fused-ring (bicyclic) bond motifs is 2. The van der Waals surface area contributed by atoms with Gasteiger partial charge in [-0.05, 0) is 30.4 Å². The van der Waals surface area contributed by atoms with Gasteiger partial charge in [0.25, 0.3) is 0 Å². The minimum absolute atomic E-state index is 0.171. The molecule has 0 aromatic heterocycles. The van der Waals surface area contributed by atoms with Gasteiger partial charge in [0.05, 0.1) is 12.6 Å². The molecule has 2 aliphatic heterocycles. The van der Waals surface area contributed by atoms with Gasteiger partial charge >= 0.3 is 0 Å². The van der Waals surface area contributed by atoms with Crippen LogP contribution in [0.3, 0.4) is 0 Å². The number of ether oxygens (including phenoxy) is 1. The van der Waals surface area contributed by atoms with Crippen molar-refractivity contribution in [3.05, 3.63) is 35.4 Å². The first-order chi connectivity index (χ1) is 10.3. The Morgan fingerprint density at radius 3 is 3.05 bits per heavy atom. The average molecular weight is 286 g/mol. The average Bonchev–Trinajstić information content (AvgIpc) is 2.86. The number of hydrogen-bond donors (Lipinski definition) is 1. The van der Waals surface area contributed by atoms with E-state index in [4.69, 9.17) is 4.74 Å². The number of nitrogens with zero attached hydrogens (tertiary/aromatic N) is 1. The zero-order valence-corrected chi connectivity index (χ0v) is 12.3. The molecule has 1 saturated carbocycles. The van der Waals surface area contributed by atoms with Gasteiger partial charge in [-0.25, -0.2) is 0 Å². The Morgan fingerprint density at radius 2 is 2.19 bits per heavy atom. The van der Waals surface area contributed by atoms with Crippen LogP contribution in [0.25, 0.3) is 0 Å². The van der Waals surface area contributed by atoms with Gasteiger partial charge in [-0.3, -0.25) is 9.69 Å². The van der Waals surface area contributed by atoms with Crippen molar-refractivity contribution in [2.24, 2.45) is 5.92 Å². The highest BCUT2D eigenvalue weighted by atomic mass is 16.5. The van der Waals surface area contributed by atoms with Gasteiger partial charge in [-0.15, -0.1) is 0 Å². The van der Waals surface area contributed by atoms with Crippen molar-refractivity contribution >= 4 is 5.91 Å². The monoisotopic (exact) mass is 286 g/mol. The van der Waals surface area contributed by atoms with Crippen LogP contribution < -0.4 is 5.32 Å². The lowest BCUT2D eigenvalue weighted by Crippen LogP contribution is -2.55. The van der Waals surface area contributed by atoms with Gasteiger partial charge in [0.15, 0.2) is 0 Å². The van der Waals surface area contributed by atoms with Crippen LogP contribution in [0.15, 0.2) is 24.3 Å². The molecule has 1 amide bonds. The fourth-order valence-electron chi connectivity index (χ4n) is 3.91. The quantitative estimate of drug-likeness (QED) is 0.911. The summed E-state index contributed by atoms with van der Waals surface area (Å²) in [4.78, 5) is 14.5. The Labute approximate surface area is 125 Å². The third-order valence-electron chi connectivity index (χ3n) is 5.19. The third-order valence-corrected chi connectivity index (χ3v) is 5.19. The van der Waals surface area contributed by atoms with Crippen molar-refractivity contribution in [1.29, 1.82) is 0 Å². The fraction of sp³-hybridized carbons (Fsp3) is 0.588. The number of rotatable bonds is 3. The van der Waals surface area contributed by atoms with Crippen LogP contribution in [-0.4, -0.2) is 42.6 Å². The van der Waals surface area contributed by atoms with E-state index in [1.54, 1.807) is 0 Å². The topological polar surface area (TPSA) is 41.6 Å². The Bertz CT molecular complexity index is 545. The highest BCUT2D eigenvalue weighted by molar-refractivity contribution is 5.78. The first kappa shape index (κ1) is 13.3. The molecular formula is C17H22N2O2. The highest BCUT2D eigenvalue weighted by Gasteiger charge is 2.45. The molecule has 0 radical (unpaired) electrons. The summed E-state index contributed by atoms with van der Waals surface area (Å²) in [6, 6.07) is 8.89. The van der Waals surface area contributed by atoms with Crippen molar-refractivity contribution in [2.45, 2.75) is 38.0 Å². The van der Waals surface area contributed by atoms with E-state index in [2.05, 4.69) is 34.5 Å². The van der Waals surface area contributed by atoms with E-state index in [0.717, 1.165) is 39.0 Å². The molecule has 1 aromatic carbocycles. The Morgan fingerprint density at radius 1 is 1.33 bits per heavy atom.